The van der Waals surface area contributed by atoms with E-state index < -0.39 is 11.9 Å². The highest BCUT2D eigenvalue weighted by Gasteiger charge is 2.25. The number of hydrogen-bond donors (Lipinski definition) is 2. The number of aliphatic hydroxyl groups excluding tert-OH is 1. The van der Waals surface area contributed by atoms with Gasteiger partial charge >= 0.3 is 0 Å². The molecule has 0 radical (unpaired) electrons. The number of nitrogens with one attached hydrogen (secondary N) is 1. The quantitative estimate of drug-likeness (QED) is 0.838. The molecule has 116 valence electrons. The van der Waals surface area contributed by atoms with Gasteiger partial charge in [0.15, 0.2) is 0 Å². The van der Waals surface area contributed by atoms with E-state index >= 15 is 0 Å². The number of ether oxygens (including phenoxy) is 1. The molecule has 2 N–H and O–H groups in total. The van der Waals surface area contributed by atoms with E-state index in [4.69, 9.17) is 9.84 Å². The maximum atomic E-state index is 13.5. The van der Waals surface area contributed by atoms with Gasteiger partial charge in [-0.2, -0.15) is 0 Å². The van der Waals surface area contributed by atoms with Crippen LogP contribution < -0.4 is 5.32 Å². The van der Waals surface area contributed by atoms with Gasteiger partial charge in [-0.1, -0.05) is 19.1 Å². The third-order valence-corrected chi connectivity index (χ3v) is 3.64. The highest BCUT2D eigenvalue weighted by Crippen LogP contribution is 2.11. The summed E-state index contributed by atoms with van der Waals surface area (Å²) in [6, 6.07) is 4.54. The minimum atomic E-state index is -0.472. The van der Waals surface area contributed by atoms with Gasteiger partial charge in [-0.25, -0.2) is 4.39 Å². The molecule has 1 unspecified atom stereocenters. The van der Waals surface area contributed by atoms with Crippen molar-refractivity contribution in [1.29, 1.82) is 0 Å². The second kappa shape index (κ2) is 7.49. The predicted molar refractivity (Wildman–Crippen MR) is 76.0 cm³/mol. The molecule has 0 bridgehead atoms. The summed E-state index contributed by atoms with van der Waals surface area (Å²) in [7, 11) is 0. The molecule has 1 aromatic rings. The number of morpholine rings is 1. The van der Waals surface area contributed by atoms with E-state index in [1.165, 1.54) is 12.1 Å². The number of nitrogens with zero attached hydrogens (tertiary/aromatic N) is 1. The van der Waals surface area contributed by atoms with Gasteiger partial charge in [-0.05, 0) is 18.2 Å². The van der Waals surface area contributed by atoms with Crippen LogP contribution in [0, 0.1) is 5.82 Å². The molecule has 1 aliphatic rings. The van der Waals surface area contributed by atoms with Crippen molar-refractivity contribution in [2.75, 3.05) is 26.2 Å². The normalized spacial score (nSPS) is 19.5. The molecule has 1 heterocycles. The van der Waals surface area contributed by atoms with Crippen LogP contribution in [-0.4, -0.2) is 48.3 Å². The van der Waals surface area contributed by atoms with Gasteiger partial charge in [0.2, 0.25) is 0 Å². The van der Waals surface area contributed by atoms with E-state index in [1.54, 1.807) is 6.07 Å². The van der Waals surface area contributed by atoms with Crippen LogP contribution in [-0.2, 0) is 22.7 Å². The summed E-state index contributed by atoms with van der Waals surface area (Å²) in [5.74, 6) is -0.643. The van der Waals surface area contributed by atoms with Crippen LogP contribution in [0.1, 0.15) is 18.1 Å². The van der Waals surface area contributed by atoms with Gasteiger partial charge in [-0.15, -0.1) is 0 Å². The highest BCUT2D eigenvalue weighted by molar-refractivity contribution is 5.81. The summed E-state index contributed by atoms with van der Waals surface area (Å²) in [6.07, 6.45) is -0.472. The Morgan fingerprint density at radius 3 is 3.05 bits per heavy atom. The van der Waals surface area contributed by atoms with Crippen molar-refractivity contribution in [3.8, 4) is 0 Å². The molecular weight excluding hydrogens is 275 g/mol. The Bertz CT molecular complexity index is 496. The van der Waals surface area contributed by atoms with Crippen LogP contribution in [0.2, 0.25) is 0 Å². The standard InChI is InChI=1S/C15H21FN2O3/c1-2-18-5-6-21-14(9-18)15(20)17-8-11-3-4-12(10-19)13(16)7-11/h3-4,7,14,19H,2,5-6,8-10H2,1H3,(H,17,20). The van der Waals surface area contributed by atoms with Gasteiger partial charge in [-0.3, -0.25) is 9.69 Å². The summed E-state index contributed by atoms with van der Waals surface area (Å²) in [5, 5.41) is 11.7. The van der Waals surface area contributed by atoms with E-state index in [2.05, 4.69) is 10.2 Å². The minimum Gasteiger partial charge on any atom is -0.392 e. The largest absolute Gasteiger partial charge is 0.392 e. The fourth-order valence-electron chi connectivity index (χ4n) is 2.28. The molecule has 1 aliphatic heterocycles. The Hall–Kier alpha value is -1.50. The average Bonchev–Trinajstić information content (AvgIpc) is 2.52. The first-order chi connectivity index (χ1) is 10.1. The molecular formula is C15H21FN2O3. The van der Waals surface area contributed by atoms with E-state index in [0.717, 1.165) is 13.1 Å². The lowest BCUT2D eigenvalue weighted by molar-refractivity contribution is -0.138. The Balaban J connectivity index is 1.87. The molecule has 1 fully saturated rings. The summed E-state index contributed by atoms with van der Waals surface area (Å²) < 4.78 is 19.0. The van der Waals surface area contributed by atoms with Crippen LogP contribution >= 0.6 is 0 Å². The van der Waals surface area contributed by atoms with Gasteiger partial charge in [0.05, 0.1) is 13.2 Å². The number of benzene rings is 1. The lowest BCUT2D eigenvalue weighted by Crippen LogP contribution is -2.49. The molecule has 21 heavy (non-hydrogen) atoms. The van der Waals surface area contributed by atoms with Crippen molar-refractivity contribution in [3.05, 3.63) is 35.1 Å². The molecule has 6 heteroatoms. The molecule has 1 amide bonds. The monoisotopic (exact) mass is 296 g/mol. The number of hydrogen-bond acceptors (Lipinski definition) is 4. The number of rotatable bonds is 5. The number of aliphatic hydroxyl groups is 1. The lowest BCUT2D eigenvalue weighted by Gasteiger charge is -2.31. The lowest BCUT2D eigenvalue weighted by atomic mass is 10.1. The third kappa shape index (κ3) is 4.23. The first-order valence-corrected chi connectivity index (χ1v) is 7.14. The topological polar surface area (TPSA) is 61.8 Å². The molecule has 0 aromatic heterocycles. The second-order valence-corrected chi connectivity index (χ2v) is 5.05. The van der Waals surface area contributed by atoms with Crippen LogP contribution in [0.4, 0.5) is 4.39 Å². The molecule has 2 rings (SSSR count). The zero-order valence-corrected chi connectivity index (χ0v) is 12.1. The smallest absolute Gasteiger partial charge is 0.250 e. The summed E-state index contributed by atoms with van der Waals surface area (Å²) in [4.78, 5) is 14.2. The zero-order chi connectivity index (χ0) is 15.2. The maximum absolute atomic E-state index is 13.5. The van der Waals surface area contributed by atoms with Crippen molar-refractivity contribution < 1.29 is 19.0 Å². The third-order valence-electron chi connectivity index (χ3n) is 3.64. The molecule has 1 saturated heterocycles. The summed E-state index contributed by atoms with van der Waals surface area (Å²) in [5.41, 5.74) is 0.903. The van der Waals surface area contributed by atoms with Crippen LogP contribution in [0.25, 0.3) is 0 Å². The molecule has 1 atom stereocenters. The van der Waals surface area contributed by atoms with E-state index in [0.29, 0.717) is 18.7 Å². The summed E-state index contributed by atoms with van der Waals surface area (Å²) >= 11 is 0. The van der Waals surface area contributed by atoms with Crippen LogP contribution in [0.15, 0.2) is 18.2 Å². The van der Waals surface area contributed by atoms with Gasteiger partial charge in [0.25, 0.3) is 5.91 Å². The predicted octanol–water partition coefficient (Wildman–Crippen LogP) is 0.655. The summed E-state index contributed by atoms with van der Waals surface area (Å²) in [6.45, 7) is 4.82. The van der Waals surface area contributed by atoms with Gasteiger partial charge < -0.3 is 15.2 Å². The number of halogens is 1. The fraction of sp³-hybridized carbons (Fsp3) is 0.533. The zero-order valence-electron chi connectivity index (χ0n) is 12.1. The van der Waals surface area contributed by atoms with E-state index in [1.807, 2.05) is 6.92 Å². The Kier molecular flexibility index (Phi) is 5.67. The molecule has 0 saturated carbocycles. The Labute approximate surface area is 123 Å². The highest BCUT2D eigenvalue weighted by atomic mass is 19.1. The molecule has 5 nitrogen and oxygen atoms in total. The van der Waals surface area contributed by atoms with Crippen LogP contribution in [0.5, 0.6) is 0 Å². The number of carbonyl (C=O) groups is 1. The second-order valence-electron chi connectivity index (χ2n) is 5.05. The van der Waals surface area contributed by atoms with Gasteiger partial charge in [0.1, 0.15) is 11.9 Å². The number of carbonyl (C=O) groups excluding carboxylic acids is 1. The Morgan fingerprint density at radius 1 is 1.57 bits per heavy atom. The average molecular weight is 296 g/mol. The Morgan fingerprint density at radius 2 is 2.38 bits per heavy atom. The van der Waals surface area contributed by atoms with Crippen LogP contribution in [0.3, 0.4) is 0 Å². The van der Waals surface area contributed by atoms with Crippen molar-refractivity contribution in [3.63, 3.8) is 0 Å². The fourth-order valence-corrected chi connectivity index (χ4v) is 2.28. The number of amides is 1. The first kappa shape index (κ1) is 15.9. The first-order valence-electron chi connectivity index (χ1n) is 7.14. The van der Waals surface area contributed by atoms with E-state index in [9.17, 15) is 9.18 Å². The van der Waals surface area contributed by atoms with Crippen molar-refractivity contribution in [2.24, 2.45) is 0 Å². The van der Waals surface area contributed by atoms with Gasteiger partial charge in [0, 0.05) is 25.2 Å². The molecule has 1 aromatic carbocycles. The van der Waals surface area contributed by atoms with Crippen molar-refractivity contribution >= 4 is 5.91 Å². The maximum Gasteiger partial charge on any atom is 0.250 e. The van der Waals surface area contributed by atoms with Crippen molar-refractivity contribution in [1.82, 2.24) is 10.2 Å². The molecule has 0 spiro atoms. The van der Waals surface area contributed by atoms with E-state index in [-0.39, 0.29) is 24.6 Å². The minimum absolute atomic E-state index is 0.181. The number of likely N-dealkylation sites (N-methyl/N-ethyl adjacent to an activating group) is 1. The SMILES string of the molecule is CCN1CCOC(C(=O)NCc2ccc(CO)c(F)c2)C1. The van der Waals surface area contributed by atoms with Crippen molar-refractivity contribution in [2.45, 2.75) is 26.2 Å². The molecule has 0 aliphatic carbocycles.